The Morgan fingerprint density at radius 3 is 1.82 bits per heavy atom. The van der Waals surface area contributed by atoms with Crippen LogP contribution in [0.15, 0.2) is 206 Å². The van der Waals surface area contributed by atoms with Gasteiger partial charge < -0.3 is 0 Å². The van der Waals surface area contributed by atoms with Crippen molar-refractivity contribution in [3.05, 3.63) is 227 Å². The van der Waals surface area contributed by atoms with Crippen LogP contribution < -0.4 is 4.74 Å². The summed E-state index contributed by atoms with van der Waals surface area (Å²) in [7, 11) is 0. The Morgan fingerprint density at radius 1 is 0.530 bits per heavy atom. The van der Waals surface area contributed by atoms with Crippen molar-refractivity contribution in [3.63, 3.8) is 0 Å². The van der Waals surface area contributed by atoms with E-state index < -0.39 is 6.85 Å². The number of benzene rings is 8. The monoisotopic (exact) mass is 1040 g/mol. The molecule has 3 heterocycles. The molecule has 1 aliphatic carbocycles. The van der Waals surface area contributed by atoms with Crippen molar-refractivity contribution in [2.75, 3.05) is 0 Å². The van der Waals surface area contributed by atoms with Crippen molar-refractivity contribution < 1.29 is 28.2 Å². The number of hydrogen-bond acceptors (Lipinski definition) is 2. The fraction of sp³-hybridized carbons (Fsp3) is 0.100. The molecular formula is C60H46N4OPt. The molecule has 322 valence electrons. The van der Waals surface area contributed by atoms with Gasteiger partial charge in [0.1, 0.15) is 0 Å². The van der Waals surface area contributed by atoms with E-state index in [1.54, 1.807) is 12.3 Å². The summed E-state index contributed by atoms with van der Waals surface area (Å²) >= 11 is 2.57. The Balaban J connectivity index is 0.979. The van der Waals surface area contributed by atoms with Crippen LogP contribution in [0.1, 0.15) is 52.5 Å². The summed E-state index contributed by atoms with van der Waals surface area (Å²) in [6.07, 6.45) is 3.72. The van der Waals surface area contributed by atoms with E-state index in [0.717, 1.165) is 61.0 Å². The normalized spacial score (nSPS) is 15.7. The Bertz CT molecular complexity index is 3740. The zero-order valence-electron chi connectivity index (χ0n) is 39.2. The van der Waals surface area contributed by atoms with Gasteiger partial charge in [-0.15, -0.1) is 0 Å². The van der Waals surface area contributed by atoms with E-state index in [-0.39, 0.29) is 11.6 Å². The van der Waals surface area contributed by atoms with Crippen molar-refractivity contribution in [3.8, 4) is 56.4 Å². The molecule has 3 aromatic heterocycles. The Labute approximate surface area is 399 Å². The molecule has 11 aromatic rings. The van der Waals surface area contributed by atoms with E-state index in [1.807, 2.05) is 48.5 Å². The van der Waals surface area contributed by atoms with E-state index >= 15 is 0 Å². The third-order valence-corrected chi connectivity index (χ3v) is 14.4. The van der Waals surface area contributed by atoms with Crippen LogP contribution in [0.4, 0.5) is 0 Å². The number of ether oxygens (including phenoxy) is 1. The molecule has 0 saturated carbocycles. The third-order valence-electron chi connectivity index (χ3n) is 13.4. The molecule has 0 aliphatic heterocycles. The maximum atomic E-state index is 8.57. The van der Waals surface area contributed by atoms with Crippen LogP contribution in [0.3, 0.4) is 0 Å². The minimum absolute atomic E-state index is 0.0461. The van der Waals surface area contributed by atoms with Crippen LogP contribution >= 0.6 is 0 Å². The molecule has 0 spiro atoms. The van der Waals surface area contributed by atoms with Crippen molar-refractivity contribution in [2.45, 2.75) is 38.6 Å². The molecule has 5 nitrogen and oxygen atoms in total. The number of aromatic nitrogens is 4. The van der Waals surface area contributed by atoms with Gasteiger partial charge >= 0.3 is 302 Å². The summed E-state index contributed by atoms with van der Waals surface area (Å²) in [5.41, 5.74) is 14.2. The first kappa shape index (κ1) is 36.9. The molecule has 2 atom stereocenters. The second kappa shape index (κ2) is 16.6. The fourth-order valence-electron chi connectivity index (χ4n) is 10.3. The minimum atomic E-state index is -2.36. The van der Waals surface area contributed by atoms with Gasteiger partial charge in [0.05, 0.1) is 0 Å². The van der Waals surface area contributed by atoms with Crippen LogP contribution in [0.5, 0.6) is 11.5 Å². The Kier molecular flexibility index (Phi) is 9.28. The Morgan fingerprint density at radius 2 is 1.12 bits per heavy atom. The number of aryl methyl sites for hydroxylation is 1. The van der Waals surface area contributed by atoms with Gasteiger partial charge in [0.2, 0.25) is 0 Å². The molecule has 2 unspecified atom stereocenters. The molecule has 66 heavy (non-hydrogen) atoms. The van der Waals surface area contributed by atoms with E-state index in [9.17, 15) is 0 Å². The van der Waals surface area contributed by atoms with Crippen LogP contribution in [0, 0.1) is 10.7 Å². The molecule has 0 N–H and O–H groups in total. The molecule has 0 amide bonds. The van der Waals surface area contributed by atoms with Gasteiger partial charge in [0, 0.05) is 15.9 Å². The summed E-state index contributed by atoms with van der Waals surface area (Å²) in [6.45, 7) is -0.0254. The molecule has 8 aromatic carbocycles. The zero-order chi connectivity index (χ0) is 46.8. The quantitative estimate of drug-likeness (QED) is 0.152. The SMILES string of the molecule is [2H]C([2H])([2H])c1cc(-n2c3ccccc3c3ccc(Oc4ccc5c(c4)C(n4[c](=[Pt])n(-c6c(-c7ccccc7)cccc6-c6ccccc6)c6ccccc64)CCC5C)cc32)ncc1-c1ccccc1. The molecule has 0 saturated heterocycles. The van der Waals surface area contributed by atoms with Crippen LogP contribution in [-0.4, -0.2) is 18.7 Å². The third kappa shape index (κ3) is 6.80. The van der Waals surface area contributed by atoms with Crippen molar-refractivity contribution in [1.82, 2.24) is 18.7 Å². The predicted molar refractivity (Wildman–Crippen MR) is 266 cm³/mol. The summed E-state index contributed by atoms with van der Waals surface area (Å²) < 4.78 is 40.8. The van der Waals surface area contributed by atoms with Gasteiger partial charge in [-0.25, -0.2) is 4.98 Å². The maximum Gasteiger partial charge on any atom is 0.0374 e. The van der Waals surface area contributed by atoms with Crippen LogP contribution in [0.25, 0.3) is 77.7 Å². The number of rotatable bonds is 8. The molecule has 1 aliphatic rings. The average molecular weight is 1040 g/mol. The molecular weight excluding hydrogens is 988 g/mol. The number of para-hydroxylation sites is 4. The smallest absolute Gasteiger partial charge is 0.0374 e. The second-order valence-corrected chi connectivity index (χ2v) is 18.3. The summed E-state index contributed by atoms with van der Waals surface area (Å²) in [5.74, 6) is 2.34. The van der Waals surface area contributed by atoms with Crippen LogP contribution in [-0.2, 0) is 19.4 Å². The first-order valence-electron chi connectivity index (χ1n) is 24.0. The molecule has 0 bridgehead atoms. The van der Waals surface area contributed by atoms with E-state index in [1.165, 1.54) is 38.9 Å². The predicted octanol–water partition coefficient (Wildman–Crippen LogP) is 15.6. The summed E-state index contributed by atoms with van der Waals surface area (Å²) in [5, 5.41) is 2.07. The van der Waals surface area contributed by atoms with Crippen molar-refractivity contribution in [1.29, 1.82) is 0 Å². The zero-order valence-corrected chi connectivity index (χ0v) is 38.5. The fourth-order valence-corrected chi connectivity index (χ4v) is 11.4. The van der Waals surface area contributed by atoms with Gasteiger partial charge in [-0.2, -0.15) is 0 Å². The number of pyridine rings is 1. The number of imidazole rings is 1. The maximum absolute atomic E-state index is 8.57. The second-order valence-electron chi connectivity index (χ2n) is 17.2. The van der Waals surface area contributed by atoms with Gasteiger partial charge in [-0.05, 0) is 30.1 Å². The van der Waals surface area contributed by atoms with E-state index in [4.69, 9.17) is 13.8 Å². The van der Waals surface area contributed by atoms with Crippen LogP contribution in [0.2, 0.25) is 0 Å². The van der Waals surface area contributed by atoms with Gasteiger partial charge in [-0.1, -0.05) is 48.5 Å². The average Bonchev–Trinajstić information content (AvgIpc) is 3.87. The standard InChI is InChI=1S/C60H46N4O.Pt/c1-40-29-34-54(62-39-63(57-28-15-14-27-56(57)62)60-48(42-17-6-3-7-18-42)24-16-25-49(60)43-19-8-4-9-20-43)52-36-45(30-32-47(40)52)65-46-31-33-51-50-23-12-13-26-55(50)64(58(51)37-46)59-35-41(2)53(38-61-59)44-21-10-5-11-22-44;/h3-28,30-33,35-38,40,54H,29,34H2,1-2H3;/i2D3;. The number of hydrogen-bond donors (Lipinski definition) is 0. The molecule has 0 radical (unpaired) electrons. The largest absolute Gasteiger partial charge is 0.238 e. The number of nitrogens with zero attached hydrogens (tertiary/aromatic N) is 4. The van der Waals surface area contributed by atoms with Gasteiger partial charge in [0.15, 0.2) is 0 Å². The minimum Gasteiger partial charge on any atom is -0.238 e. The molecule has 0 fully saturated rings. The van der Waals surface area contributed by atoms with Crippen molar-refractivity contribution in [2.24, 2.45) is 0 Å². The number of fused-ring (bicyclic) bond motifs is 5. The molecule has 12 rings (SSSR count). The van der Waals surface area contributed by atoms with Gasteiger partial charge in [0.25, 0.3) is 0 Å². The van der Waals surface area contributed by atoms with E-state index in [0.29, 0.717) is 23.0 Å². The first-order valence-corrected chi connectivity index (χ1v) is 23.7. The first-order chi connectivity index (χ1) is 33.7. The molecule has 6 heteroatoms. The summed E-state index contributed by atoms with van der Waals surface area (Å²) in [4.78, 5) is 4.94. The van der Waals surface area contributed by atoms with Gasteiger partial charge in [-0.3, -0.25) is 0 Å². The topological polar surface area (TPSA) is 36.9 Å². The van der Waals surface area contributed by atoms with Crippen molar-refractivity contribution >= 4 is 32.8 Å². The Hall–Kier alpha value is -7.33. The van der Waals surface area contributed by atoms with E-state index in [2.05, 4.69) is 186 Å². The summed E-state index contributed by atoms with van der Waals surface area (Å²) in [6, 6.07) is 69.3.